The topological polar surface area (TPSA) is 18.5 Å². The third-order valence-corrected chi connectivity index (χ3v) is 2.94. The van der Waals surface area contributed by atoms with Crippen LogP contribution in [0.5, 0.6) is 0 Å². The molecule has 0 aliphatic carbocycles. The summed E-state index contributed by atoms with van der Waals surface area (Å²) in [5.74, 6) is 0. The number of rotatable bonds is 0. The van der Waals surface area contributed by atoms with Gasteiger partial charge < -0.3 is 8.85 Å². The van der Waals surface area contributed by atoms with E-state index in [9.17, 15) is 0 Å². The summed E-state index contributed by atoms with van der Waals surface area (Å²) in [7, 11) is -1.70. The molecule has 9 heavy (non-hydrogen) atoms. The first-order chi connectivity index (χ1) is 4.21. The Balaban J connectivity index is 2.44. The quantitative estimate of drug-likeness (QED) is 0.377. The van der Waals surface area contributed by atoms with Gasteiger partial charge in [0.25, 0.3) is 0 Å². The minimum atomic E-state index is -1.70. The lowest BCUT2D eigenvalue weighted by Gasteiger charge is -2.18. The first-order valence-corrected chi connectivity index (χ1v) is 5.95. The second-order valence-electron chi connectivity index (χ2n) is 2.49. The van der Waals surface area contributed by atoms with E-state index in [4.69, 9.17) is 8.85 Å². The smallest absolute Gasteiger partial charge is 0.332 e. The monoisotopic (exact) mass is 144 g/mol. The van der Waals surface area contributed by atoms with E-state index in [-0.39, 0.29) is 0 Å². The molecule has 0 aromatic carbocycles. The van der Waals surface area contributed by atoms with Crippen molar-refractivity contribution in [3.8, 4) is 0 Å². The van der Waals surface area contributed by atoms with Gasteiger partial charge in [0.1, 0.15) is 0 Å². The van der Waals surface area contributed by atoms with Gasteiger partial charge in [-0.1, -0.05) is 12.2 Å². The molecule has 3 heteroatoms. The van der Waals surface area contributed by atoms with Crippen molar-refractivity contribution in [3.63, 3.8) is 0 Å². The van der Waals surface area contributed by atoms with E-state index in [1.165, 1.54) is 0 Å². The predicted molar refractivity (Wildman–Crippen MR) is 38.5 cm³/mol. The fraction of sp³-hybridized carbons (Fsp3) is 0.667. The average Bonchev–Trinajstić information content (AvgIpc) is 1.92. The Kier molecular flexibility index (Phi) is 2.05. The van der Waals surface area contributed by atoms with Crippen molar-refractivity contribution in [3.05, 3.63) is 12.2 Å². The van der Waals surface area contributed by atoms with Gasteiger partial charge in [0.2, 0.25) is 0 Å². The molecule has 2 nitrogen and oxygen atoms in total. The third kappa shape index (κ3) is 2.30. The second-order valence-corrected chi connectivity index (χ2v) is 5.87. The van der Waals surface area contributed by atoms with Gasteiger partial charge in [-0.05, 0) is 13.1 Å². The summed E-state index contributed by atoms with van der Waals surface area (Å²) in [6, 6.07) is 0. The van der Waals surface area contributed by atoms with Gasteiger partial charge in [0, 0.05) is 0 Å². The SMILES string of the molecule is C[Si]1(C)OCC=CCO1. The largest absolute Gasteiger partial charge is 0.391 e. The van der Waals surface area contributed by atoms with Crippen LogP contribution in [0.1, 0.15) is 0 Å². The molecule has 0 fully saturated rings. The highest BCUT2D eigenvalue weighted by molar-refractivity contribution is 6.64. The Morgan fingerprint density at radius 1 is 1.11 bits per heavy atom. The zero-order valence-electron chi connectivity index (χ0n) is 5.89. The van der Waals surface area contributed by atoms with Crippen molar-refractivity contribution in [2.45, 2.75) is 13.1 Å². The summed E-state index contributed by atoms with van der Waals surface area (Å²) < 4.78 is 10.8. The molecule has 0 atom stereocenters. The first kappa shape index (κ1) is 6.99. The van der Waals surface area contributed by atoms with E-state index in [1.54, 1.807) is 0 Å². The van der Waals surface area contributed by atoms with Crippen molar-refractivity contribution in [2.24, 2.45) is 0 Å². The van der Waals surface area contributed by atoms with E-state index < -0.39 is 8.56 Å². The highest BCUT2D eigenvalue weighted by Crippen LogP contribution is 2.08. The molecule has 1 rings (SSSR count). The Bertz CT molecular complexity index is 108. The summed E-state index contributed by atoms with van der Waals surface area (Å²) in [5, 5.41) is 0. The van der Waals surface area contributed by atoms with E-state index >= 15 is 0 Å². The molecule has 1 heterocycles. The first-order valence-electron chi connectivity index (χ1n) is 3.14. The summed E-state index contributed by atoms with van der Waals surface area (Å²) in [4.78, 5) is 0. The Morgan fingerprint density at radius 3 is 2.00 bits per heavy atom. The molecule has 52 valence electrons. The molecule has 0 saturated heterocycles. The molecule has 0 aromatic heterocycles. The van der Waals surface area contributed by atoms with Gasteiger partial charge in [-0.15, -0.1) is 0 Å². The molecular formula is C6H12O2Si. The highest BCUT2D eigenvalue weighted by atomic mass is 28.4. The van der Waals surface area contributed by atoms with Crippen LogP contribution in [0, 0.1) is 0 Å². The van der Waals surface area contributed by atoms with E-state index in [0.717, 1.165) is 13.2 Å². The van der Waals surface area contributed by atoms with Crippen molar-refractivity contribution >= 4 is 8.56 Å². The van der Waals surface area contributed by atoms with Crippen LogP contribution in [-0.2, 0) is 8.85 Å². The number of hydrogen-bond acceptors (Lipinski definition) is 2. The van der Waals surface area contributed by atoms with Crippen molar-refractivity contribution in [1.82, 2.24) is 0 Å². The van der Waals surface area contributed by atoms with Crippen LogP contribution in [0.2, 0.25) is 13.1 Å². The average molecular weight is 144 g/mol. The van der Waals surface area contributed by atoms with Gasteiger partial charge in [-0.25, -0.2) is 0 Å². The molecule has 0 aromatic rings. The Morgan fingerprint density at radius 2 is 1.56 bits per heavy atom. The normalized spacial score (nSPS) is 25.6. The molecule has 1 aliphatic rings. The molecular weight excluding hydrogens is 132 g/mol. The maximum Gasteiger partial charge on any atom is 0.332 e. The molecule has 0 N–H and O–H groups in total. The molecule has 0 radical (unpaired) electrons. The van der Waals surface area contributed by atoms with Gasteiger partial charge in [-0.3, -0.25) is 0 Å². The standard InChI is InChI=1S/C6H12O2Si/c1-9(2)7-5-3-4-6-8-9/h3-4H,5-6H2,1-2H3. The van der Waals surface area contributed by atoms with Crippen molar-refractivity contribution in [1.29, 1.82) is 0 Å². The fourth-order valence-electron chi connectivity index (χ4n) is 0.675. The lowest BCUT2D eigenvalue weighted by atomic mass is 10.5. The van der Waals surface area contributed by atoms with Crippen molar-refractivity contribution < 1.29 is 8.85 Å². The second kappa shape index (κ2) is 2.64. The van der Waals surface area contributed by atoms with Gasteiger partial charge in [0.15, 0.2) is 0 Å². The van der Waals surface area contributed by atoms with E-state index in [2.05, 4.69) is 13.1 Å². The van der Waals surface area contributed by atoms with Gasteiger partial charge in [0.05, 0.1) is 13.2 Å². The minimum Gasteiger partial charge on any atom is -0.391 e. The molecule has 0 amide bonds. The highest BCUT2D eigenvalue weighted by Gasteiger charge is 2.24. The molecule has 0 spiro atoms. The molecule has 0 saturated carbocycles. The Labute approximate surface area is 56.7 Å². The summed E-state index contributed by atoms with van der Waals surface area (Å²) in [5.41, 5.74) is 0. The lowest BCUT2D eigenvalue weighted by molar-refractivity contribution is 0.224. The predicted octanol–water partition coefficient (Wildman–Crippen LogP) is 1.29. The lowest BCUT2D eigenvalue weighted by Crippen LogP contribution is -2.33. The third-order valence-electron chi connectivity index (χ3n) is 1.22. The molecule has 1 aliphatic heterocycles. The summed E-state index contributed by atoms with van der Waals surface area (Å²) >= 11 is 0. The van der Waals surface area contributed by atoms with Crippen LogP contribution in [0.3, 0.4) is 0 Å². The van der Waals surface area contributed by atoms with Crippen LogP contribution in [0.25, 0.3) is 0 Å². The maximum atomic E-state index is 5.42. The van der Waals surface area contributed by atoms with Crippen LogP contribution in [0.15, 0.2) is 12.2 Å². The Hall–Kier alpha value is -0.123. The van der Waals surface area contributed by atoms with Crippen LogP contribution in [0.4, 0.5) is 0 Å². The maximum absolute atomic E-state index is 5.42. The minimum absolute atomic E-state index is 0.721. The molecule has 0 unspecified atom stereocenters. The van der Waals surface area contributed by atoms with Crippen LogP contribution < -0.4 is 0 Å². The van der Waals surface area contributed by atoms with Crippen molar-refractivity contribution in [2.75, 3.05) is 13.2 Å². The number of hydrogen-bond donors (Lipinski definition) is 0. The van der Waals surface area contributed by atoms with Gasteiger partial charge in [-0.2, -0.15) is 0 Å². The molecule has 0 bridgehead atoms. The van der Waals surface area contributed by atoms with Crippen LogP contribution >= 0.6 is 0 Å². The summed E-state index contributed by atoms with van der Waals surface area (Å²) in [6.07, 6.45) is 4.00. The fourth-order valence-corrected chi connectivity index (χ4v) is 1.75. The summed E-state index contributed by atoms with van der Waals surface area (Å²) in [6.45, 7) is 5.55. The van der Waals surface area contributed by atoms with Crippen LogP contribution in [-0.4, -0.2) is 21.8 Å². The zero-order valence-corrected chi connectivity index (χ0v) is 6.89. The van der Waals surface area contributed by atoms with Gasteiger partial charge >= 0.3 is 8.56 Å². The van der Waals surface area contributed by atoms with E-state index in [1.807, 2.05) is 12.2 Å². The zero-order chi connectivity index (χ0) is 6.74. The van der Waals surface area contributed by atoms with E-state index in [0.29, 0.717) is 0 Å².